The second-order valence-electron chi connectivity index (χ2n) is 26.3. The van der Waals surface area contributed by atoms with Gasteiger partial charge in [-0.15, -0.1) is 0 Å². The summed E-state index contributed by atoms with van der Waals surface area (Å²) >= 11 is 0. The lowest BCUT2D eigenvalue weighted by molar-refractivity contribution is -0.358. The zero-order valence-electron chi connectivity index (χ0n) is 52.2. The Balaban J connectivity index is 0.718. The van der Waals surface area contributed by atoms with Crippen LogP contribution in [0.25, 0.3) is 6.08 Å². The fourth-order valence-electron chi connectivity index (χ4n) is 16.6. The monoisotopic (exact) mass is 1230 g/mol. The van der Waals surface area contributed by atoms with Crippen LogP contribution < -0.4 is 0 Å². The van der Waals surface area contributed by atoms with Gasteiger partial charge >= 0.3 is 5.97 Å². The summed E-state index contributed by atoms with van der Waals surface area (Å²) in [7, 11) is 6.38. The van der Waals surface area contributed by atoms with Gasteiger partial charge in [0.15, 0.2) is 31.5 Å². The molecule has 3 saturated carbocycles. The molecule has 490 valence electrons. The van der Waals surface area contributed by atoms with Gasteiger partial charge in [0.2, 0.25) is 0 Å². The number of aliphatic hydroxyl groups excluding tert-OH is 4. The summed E-state index contributed by atoms with van der Waals surface area (Å²) < 4.78 is 94.5. The number of hydrogen-bond donors (Lipinski definition) is 6. The minimum atomic E-state index is -1.70. The second-order valence-corrected chi connectivity index (χ2v) is 26.3. The van der Waals surface area contributed by atoms with E-state index in [4.69, 9.17) is 71.1 Å². The van der Waals surface area contributed by atoms with Crippen LogP contribution in [0.2, 0.25) is 0 Å². The Bertz CT molecular complexity index is 2540. The highest BCUT2D eigenvalue weighted by Gasteiger charge is 2.77. The Morgan fingerprint density at radius 3 is 1.61 bits per heavy atom. The molecule has 29 atom stereocenters. The van der Waals surface area contributed by atoms with E-state index in [2.05, 4.69) is 13.0 Å². The summed E-state index contributed by atoms with van der Waals surface area (Å²) in [6, 6.07) is 9.44. The van der Waals surface area contributed by atoms with Gasteiger partial charge in [-0.2, -0.15) is 0 Å². The van der Waals surface area contributed by atoms with Crippen LogP contribution in [0.15, 0.2) is 48.1 Å². The van der Waals surface area contributed by atoms with Crippen LogP contribution in [0, 0.1) is 22.7 Å². The molecule has 10 rings (SSSR count). The number of ketones is 1. The van der Waals surface area contributed by atoms with E-state index in [0.29, 0.717) is 44.9 Å². The molecule has 4 aliphatic carbocycles. The van der Waals surface area contributed by atoms with E-state index >= 15 is 0 Å². The number of aliphatic hydroxyl groups is 6. The Kier molecular flexibility index (Phi) is 21.0. The maximum atomic E-state index is 13.6. The first-order valence-corrected chi connectivity index (χ1v) is 31.3. The predicted octanol–water partition coefficient (Wildman–Crippen LogP) is 3.94. The molecule has 0 amide bonds. The fraction of sp³-hybridized carbons (Fsp3) is 0.812. The first kappa shape index (κ1) is 66.9. The number of rotatable bonds is 19. The van der Waals surface area contributed by atoms with Crippen molar-refractivity contribution in [3.05, 3.63) is 53.6 Å². The van der Waals surface area contributed by atoms with Crippen molar-refractivity contribution in [1.82, 2.24) is 0 Å². The molecule has 8 fully saturated rings. The van der Waals surface area contributed by atoms with Crippen molar-refractivity contribution in [2.75, 3.05) is 35.0 Å². The first-order chi connectivity index (χ1) is 41.4. The zero-order valence-corrected chi connectivity index (χ0v) is 52.2. The van der Waals surface area contributed by atoms with Crippen molar-refractivity contribution in [3.8, 4) is 0 Å². The Morgan fingerprint density at radius 2 is 1.13 bits per heavy atom. The van der Waals surface area contributed by atoms with Crippen LogP contribution in [0.5, 0.6) is 0 Å². The fourth-order valence-corrected chi connectivity index (χ4v) is 16.6. The number of esters is 1. The third kappa shape index (κ3) is 12.8. The van der Waals surface area contributed by atoms with Gasteiger partial charge in [0, 0.05) is 77.4 Å². The third-order valence-corrected chi connectivity index (χ3v) is 21.5. The molecule has 87 heavy (non-hydrogen) atoms. The predicted molar refractivity (Wildman–Crippen MR) is 307 cm³/mol. The Morgan fingerprint density at radius 1 is 0.632 bits per heavy atom. The summed E-state index contributed by atoms with van der Waals surface area (Å²) in [5, 5.41) is 66.9. The molecule has 0 spiro atoms. The third-order valence-electron chi connectivity index (χ3n) is 21.5. The SMILES string of the molecule is CO[C@H]1C[C@H](O[C@H]2CC[C@@]3(C)C(=CC[C@]4(O)[C@@H]3C[C@@H](OC(=O)C=Cc3ccccc3)[C@]3(C)[C@H](C(C)=O)CC[C@@]34O)C2)O[C@H](C)[C@H]1O[C@H]1C[C@H](OC)[C@H](O[C@H]2C[C@@H](OC)[C@H](O[C@H]3C[C@H](OC)[C@H](O[C@@H]4O[C@H](CO)[C@@H](O)[C@H](O)[C@H]4O)[C@@H](C)O3)[C@@H](C)O2)[C@@H](C)O1. The van der Waals surface area contributed by atoms with E-state index < -0.39 is 182 Å². The lowest BCUT2D eigenvalue weighted by Crippen LogP contribution is -2.75. The minimum Gasteiger partial charge on any atom is -0.458 e. The van der Waals surface area contributed by atoms with Crippen LogP contribution in [-0.2, 0) is 80.6 Å². The van der Waals surface area contributed by atoms with Gasteiger partial charge in [-0.05, 0) is 96.6 Å². The minimum absolute atomic E-state index is 0.0982. The Hall–Kier alpha value is -2.96. The number of carbonyl (C=O) groups is 2. The molecular weight excluding hydrogens is 1140 g/mol. The van der Waals surface area contributed by atoms with Crippen LogP contribution >= 0.6 is 0 Å². The molecular formula is C64H96O23. The lowest BCUT2D eigenvalue weighted by atomic mass is 9.43. The van der Waals surface area contributed by atoms with Gasteiger partial charge in [-0.3, -0.25) is 4.79 Å². The molecule has 5 saturated heterocycles. The highest BCUT2D eigenvalue weighted by Crippen LogP contribution is 2.70. The van der Waals surface area contributed by atoms with E-state index in [-0.39, 0.29) is 37.6 Å². The number of benzene rings is 1. The van der Waals surface area contributed by atoms with Crippen molar-refractivity contribution in [2.24, 2.45) is 22.7 Å². The number of ether oxygens (including phenoxy) is 15. The molecule has 0 bridgehead atoms. The van der Waals surface area contributed by atoms with Crippen molar-refractivity contribution in [2.45, 2.75) is 272 Å². The normalized spacial score (nSPS) is 48.4. The summed E-state index contributed by atoms with van der Waals surface area (Å²) in [4.78, 5) is 26.9. The molecule has 6 N–H and O–H groups in total. The van der Waals surface area contributed by atoms with Gasteiger partial charge < -0.3 is 102 Å². The average Bonchev–Trinajstić information content (AvgIpc) is 1.64. The highest BCUT2D eigenvalue weighted by atomic mass is 16.8. The summed E-state index contributed by atoms with van der Waals surface area (Å²) in [5.41, 5.74) is -3.11. The van der Waals surface area contributed by atoms with Crippen LogP contribution in [0.3, 0.4) is 0 Å². The molecule has 23 heteroatoms. The first-order valence-electron chi connectivity index (χ1n) is 31.3. The van der Waals surface area contributed by atoms with E-state index in [1.807, 2.05) is 58.0 Å². The largest absolute Gasteiger partial charge is 0.458 e. The van der Waals surface area contributed by atoms with Crippen molar-refractivity contribution in [1.29, 1.82) is 0 Å². The lowest BCUT2D eigenvalue weighted by Gasteiger charge is -2.66. The topological polar surface area (TPSA) is 294 Å². The van der Waals surface area contributed by atoms with Crippen LogP contribution in [-0.4, -0.2) is 230 Å². The van der Waals surface area contributed by atoms with Crippen molar-refractivity contribution >= 4 is 17.8 Å². The van der Waals surface area contributed by atoms with Crippen molar-refractivity contribution in [3.63, 3.8) is 0 Å². The maximum Gasteiger partial charge on any atom is 0.331 e. The highest BCUT2D eigenvalue weighted by molar-refractivity contribution is 5.87. The number of hydrogen-bond acceptors (Lipinski definition) is 23. The molecule has 1 aromatic rings. The van der Waals surface area contributed by atoms with Crippen LogP contribution in [0.4, 0.5) is 0 Å². The van der Waals surface area contributed by atoms with E-state index in [9.17, 15) is 40.2 Å². The van der Waals surface area contributed by atoms with Gasteiger partial charge in [0.25, 0.3) is 0 Å². The van der Waals surface area contributed by atoms with Gasteiger partial charge in [-0.1, -0.05) is 55.8 Å². The average molecular weight is 1230 g/mol. The smallest absolute Gasteiger partial charge is 0.331 e. The number of carbonyl (C=O) groups excluding carboxylic acids is 2. The summed E-state index contributed by atoms with van der Waals surface area (Å²) in [5.74, 6) is -1.74. The number of methoxy groups -OCH3 is 4. The quantitative estimate of drug-likeness (QED) is 0.0649. The molecule has 0 radical (unpaired) electrons. The molecule has 5 heterocycles. The summed E-state index contributed by atoms with van der Waals surface area (Å²) in [6.45, 7) is 12.4. The van der Waals surface area contributed by atoms with Crippen LogP contribution in [0.1, 0.15) is 125 Å². The number of fused-ring (bicyclic) bond motifs is 5. The second kappa shape index (κ2) is 27.3. The zero-order chi connectivity index (χ0) is 62.5. The number of Topliss-reactive ketones (excluding diaryl/α,β-unsaturated/α-hetero) is 1. The maximum absolute atomic E-state index is 13.6. The van der Waals surface area contributed by atoms with Gasteiger partial charge in [0.05, 0.1) is 61.5 Å². The molecule has 5 aliphatic heterocycles. The van der Waals surface area contributed by atoms with Gasteiger partial charge in [-0.25, -0.2) is 4.79 Å². The standard InChI is InChI=1S/C64H96O23/c1-32(66)40-21-24-64(72)62(40,7)47(83-48(67)18-17-37-15-13-12-14-16-37)30-46-61(6)22-20-39(25-38(61)19-23-63(46,64)71)81-49-26-41(73-8)56(33(2)77-49)84-50-27-42(74-9)57(34(3)78-50)85-51-28-43(75-10)58(35(4)79-51)86-52-29-44(76-11)59(36(5)80-52)87-60-55(70)54(69)53(68)45(31-65)82-60/h12-19,33-36,39-47,49-60,65,68-72H,20-31H2,1-11H3/t33-,34-,35-,36-,39+,40+,41+,42+,43-,44+,45-,46-,47-,49+,50+,51+,52+,53-,54+,55-,56-,57-,58-,59-,60+,61+,62+,63+,64-/m1/s1. The van der Waals surface area contributed by atoms with Gasteiger partial charge in [0.1, 0.15) is 71.9 Å². The van der Waals surface area contributed by atoms with E-state index in [0.717, 1.165) is 11.1 Å². The van der Waals surface area contributed by atoms with E-state index in [1.54, 1.807) is 34.3 Å². The van der Waals surface area contributed by atoms with Crippen molar-refractivity contribution < 1.29 is 111 Å². The molecule has 1 aromatic carbocycles. The summed E-state index contributed by atoms with van der Waals surface area (Å²) in [6.07, 6.45) is -8.26. The molecule has 23 nitrogen and oxygen atoms in total. The molecule has 0 aromatic heterocycles. The molecule has 9 aliphatic rings. The van der Waals surface area contributed by atoms with E-state index in [1.165, 1.54) is 20.1 Å². The molecule has 0 unspecified atom stereocenters. The Labute approximate surface area is 510 Å².